The largest absolute Gasteiger partial charge is 0.383 e. The van der Waals surface area contributed by atoms with Crippen LogP contribution in [0.2, 0.25) is 0 Å². The maximum Gasteiger partial charge on any atom is 0.280 e. The highest BCUT2D eigenvalue weighted by molar-refractivity contribution is 7.12. The number of aromatic amines is 1. The molecule has 0 saturated carbocycles. The van der Waals surface area contributed by atoms with Crippen molar-refractivity contribution in [2.45, 2.75) is 51.0 Å². The summed E-state index contributed by atoms with van der Waals surface area (Å²) in [6.45, 7) is 7.68. The molecule has 0 bridgehead atoms. The summed E-state index contributed by atoms with van der Waals surface area (Å²) >= 11 is 1.89. The van der Waals surface area contributed by atoms with Crippen LogP contribution in [-0.2, 0) is 5.41 Å². The third-order valence-electron chi connectivity index (χ3n) is 4.06. The summed E-state index contributed by atoms with van der Waals surface area (Å²) in [6, 6.07) is 6.41. The van der Waals surface area contributed by atoms with E-state index in [0.717, 1.165) is 25.1 Å². The summed E-state index contributed by atoms with van der Waals surface area (Å²) in [5.74, 6) is 1.11. The molecule has 21 heavy (non-hydrogen) atoms. The Morgan fingerprint density at radius 2 is 2.14 bits per heavy atom. The molecule has 2 N–H and O–H groups in total. The van der Waals surface area contributed by atoms with Crippen molar-refractivity contribution in [3.8, 4) is 0 Å². The molecule has 1 fully saturated rings. The highest BCUT2D eigenvalue weighted by atomic mass is 32.1. The van der Waals surface area contributed by atoms with E-state index in [-0.39, 0.29) is 11.0 Å². The molecule has 4 nitrogen and oxygen atoms in total. The predicted molar refractivity (Wildman–Crippen MR) is 85.1 cm³/mol. The summed E-state index contributed by atoms with van der Waals surface area (Å²) < 4.78 is 5.29. The maximum atomic E-state index is 11.2. The van der Waals surface area contributed by atoms with Crippen molar-refractivity contribution in [1.82, 2.24) is 10.5 Å². The van der Waals surface area contributed by atoms with Gasteiger partial charge < -0.3 is 9.84 Å². The van der Waals surface area contributed by atoms with Crippen LogP contribution in [0, 0.1) is 0 Å². The number of rotatable bonds is 2. The van der Waals surface area contributed by atoms with Crippen LogP contribution < -0.4 is 10.9 Å². The Bertz CT molecular complexity index is 662. The molecule has 2 atom stereocenters. The second-order valence-electron chi connectivity index (χ2n) is 6.80. The Hall–Kier alpha value is -1.33. The van der Waals surface area contributed by atoms with Crippen molar-refractivity contribution in [3.63, 3.8) is 0 Å². The number of aromatic nitrogens is 1. The van der Waals surface area contributed by atoms with Gasteiger partial charge in [-0.2, -0.15) is 5.16 Å². The van der Waals surface area contributed by atoms with Crippen molar-refractivity contribution >= 4 is 11.3 Å². The molecule has 0 aromatic carbocycles. The van der Waals surface area contributed by atoms with E-state index in [1.807, 2.05) is 11.3 Å². The summed E-state index contributed by atoms with van der Waals surface area (Å²) in [4.78, 5) is 14.0. The van der Waals surface area contributed by atoms with Gasteiger partial charge in [0, 0.05) is 27.8 Å². The van der Waals surface area contributed by atoms with Crippen molar-refractivity contribution in [1.29, 1.82) is 0 Å². The minimum atomic E-state index is -0.147. The number of thiophene rings is 1. The molecule has 0 aliphatic carbocycles. The van der Waals surface area contributed by atoms with E-state index in [1.54, 1.807) is 6.07 Å². The zero-order chi connectivity index (χ0) is 15.0. The van der Waals surface area contributed by atoms with Gasteiger partial charge in [0.1, 0.15) is 5.76 Å². The van der Waals surface area contributed by atoms with Crippen LogP contribution in [0.5, 0.6) is 0 Å². The highest BCUT2D eigenvalue weighted by Gasteiger charge is 2.28. The first-order valence-corrected chi connectivity index (χ1v) is 8.27. The predicted octanol–water partition coefficient (Wildman–Crippen LogP) is 3.54. The number of hydrogen-bond acceptors (Lipinski definition) is 4. The second-order valence-corrected chi connectivity index (χ2v) is 7.91. The number of nitrogens with one attached hydrogen (secondary N) is 2. The molecule has 0 radical (unpaired) electrons. The molecule has 3 heterocycles. The maximum absolute atomic E-state index is 11.2. The quantitative estimate of drug-likeness (QED) is 0.892. The monoisotopic (exact) mass is 306 g/mol. The van der Waals surface area contributed by atoms with Gasteiger partial charge >= 0.3 is 0 Å². The summed E-state index contributed by atoms with van der Waals surface area (Å²) in [5, 5.41) is 5.98. The lowest BCUT2D eigenvalue weighted by atomic mass is 9.89. The Labute approximate surface area is 128 Å². The van der Waals surface area contributed by atoms with Gasteiger partial charge in [-0.1, -0.05) is 20.8 Å². The standard InChI is InChI=1S/C16H22N2O2S/c1-16(2,3)14-5-4-13(21-14)11-8-10(6-7-17-11)12-9-15(19)18-20-12/h4-5,9-11,17H,6-8H2,1-3H3,(H,18,19)/t10-,11+/m1/s1. The van der Waals surface area contributed by atoms with Crippen molar-refractivity contribution in [2.24, 2.45) is 0 Å². The molecular weight excluding hydrogens is 284 g/mol. The van der Waals surface area contributed by atoms with Gasteiger partial charge in [-0.3, -0.25) is 4.79 Å². The summed E-state index contributed by atoms with van der Waals surface area (Å²) in [7, 11) is 0. The van der Waals surface area contributed by atoms with E-state index in [9.17, 15) is 4.79 Å². The molecule has 0 spiro atoms. The number of H-pyrrole nitrogens is 1. The van der Waals surface area contributed by atoms with Gasteiger partial charge in [0.05, 0.1) is 0 Å². The van der Waals surface area contributed by atoms with Crippen LogP contribution in [0.25, 0.3) is 0 Å². The third-order valence-corrected chi connectivity index (χ3v) is 5.68. The lowest BCUT2D eigenvalue weighted by Gasteiger charge is -2.28. The average molecular weight is 306 g/mol. The molecule has 1 aliphatic rings. The molecule has 1 aliphatic heterocycles. The molecule has 2 aromatic heterocycles. The van der Waals surface area contributed by atoms with Crippen LogP contribution in [0.4, 0.5) is 0 Å². The minimum absolute atomic E-state index is 0.147. The molecule has 1 saturated heterocycles. The smallest absolute Gasteiger partial charge is 0.280 e. The van der Waals surface area contributed by atoms with Gasteiger partial charge in [-0.05, 0) is 36.9 Å². The van der Waals surface area contributed by atoms with E-state index in [4.69, 9.17) is 4.52 Å². The normalized spacial score (nSPS) is 23.4. The molecule has 0 unspecified atom stereocenters. The van der Waals surface area contributed by atoms with E-state index >= 15 is 0 Å². The fourth-order valence-corrected chi connectivity index (χ4v) is 3.99. The summed E-state index contributed by atoms with van der Waals surface area (Å²) in [5.41, 5.74) is 0.0518. The van der Waals surface area contributed by atoms with Crippen LogP contribution in [0.1, 0.15) is 61.1 Å². The van der Waals surface area contributed by atoms with E-state index in [0.29, 0.717) is 12.0 Å². The molecule has 114 valence electrons. The second kappa shape index (κ2) is 5.46. The SMILES string of the molecule is CC(C)(C)c1ccc([C@@H]2C[C@H](c3cc(=O)[nH]o3)CCN2)s1. The fourth-order valence-electron chi connectivity index (χ4n) is 2.83. The zero-order valence-corrected chi connectivity index (χ0v) is 13.5. The Morgan fingerprint density at radius 3 is 2.76 bits per heavy atom. The molecule has 5 heteroatoms. The molecular formula is C16H22N2O2S. The summed E-state index contributed by atoms with van der Waals surface area (Å²) in [6.07, 6.45) is 1.99. The topological polar surface area (TPSA) is 58.0 Å². The Kier molecular flexibility index (Phi) is 3.80. The molecule has 2 aromatic rings. The van der Waals surface area contributed by atoms with Gasteiger partial charge in [0.2, 0.25) is 0 Å². The van der Waals surface area contributed by atoms with E-state index < -0.39 is 0 Å². The van der Waals surface area contributed by atoms with Crippen LogP contribution in [0.15, 0.2) is 27.5 Å². The number of hydrogen-bond donors (Lipinski definition) is 2. The van der Waals surface area contributed by atoms with Crippen LogP contribution in [-0.4, -0.2) is 11.7 Å². The van der Waals surface area contributed by atoms with Gasteiger partial charge in [0.15, 0.2) is 0 Å². The lowest BCUT2D eigenvalue weighted by Crippen LogP contribution is -2.30. The van der Waals surface area contributed by atoms with E-state index in [1.165, 1.54) is 9.75 Å². The van der Waals surface area contributed by atoms with Gasteiger partial charge in [-0.25, -0.2) is 0 Å². The van der Waals surface area contributed by atoms with Gasteiger partial charge in [0.25, 0.3) is 5.56 Å². The van der Waals surface area contributed by atoms with Crippen molar-refractivity contribution < 1.29 is 4.52 Å². The van der Waals surface area contributed by atoms with E-state index in [2.05, 4.69) is 43.4 Å². The minimum Gasteiger partial charge on any atom is -0.383 e. The first-order valence-electron chi connectivity index (χ1n) is 7.45. The van der Waals surface area contributed by atoms with Crippen LogP contribution >= 0.6 is 11.3 Å². The first kappa shape index (κ1) is 14.6. The fraction of sp³-hybridized carbons (Fsp3) is 0.562. The Balaban J connectivity index is 1.77. The molecule has 0 amide bonds. The van der Waals surface area contributed by atoms with Gasteiger partial charge in [-0.15, -0.1) is 11.3 Å². The lowest BCUT2D eigenvalue weighted by molar-refractivity contribution is 0.297. The highest BCUT2D eigenvalue weighted by Crippen LogP contribution is 2.38. The molecule has 3 rings (SSSR count). The Morgan fingerprint density at radius 1 is 1.33 bits per heavy atom. The third kappa shape index (κ3) is 3.14. The number of piperidine rings is 1. The zero-order valence-electron chi connectivity index (χ0n) is 12.7. The average Bonchev–Trinajstić information content (AvgIpc) is 3.07. The van der Waals surface area contributed by atoms with Crippen LogP contribution in [0.3, 0.4) is 0 Å². The first-order chi connectivity index (χ1) is 9.93. The van der Waals surface area contributed by atoms with Crippen molar-refractivity contribution in [2.75, 3.05) is 6.54 Å². The van der Waals surface area contributed by atoms with Crippen molar-refractivity contribution in [3.05, 3.63) is 44.1 Å².